The van der Waals surface area contributed by atoms with Crippen LogP contribution < -0.4 is 0 Å². The third-order valence-corrected chi connectivity index (χ3v) is 1.57. The van der Waals surface area contributed by atoms with Crippen LogP contribution in [0.25, 0.3) is 11.0 Å². The number of hydrogen-bond donors (Lipinski definition) is 4. The van der Waals surface area contributed by atoms with Gasteiger partial charge in [0.15, 0.2) is 0 Å². The van der Waals surface area contributed by atoms with Crippen LogP contribution in [0.5, 0.6) is 0 Å². The van der Waals surface area contributed by atoms with Crippen molar-refractivity contribution in [1.29, 1.82) is 0 Å². The molecule has 0 unspecified atom stereocenters. The fourth-order valence-corrected chi connectivity index (χ4v) is 1.05. The monoisotopic (exact) mass is 278 g/mol. The second kappa shape index (κ2) is 8.67. The number of rotatable bonds is 0. The van der Waals surface area contributed by atoms with Gasteiger partial charge in [-0.25, -0.2) is 4.98 Å². The van der Waals surface area contributed by atoms with Crippen LogP contribution >= 0.6 is 0 Å². The topological polar surface area (TPSA) is 107 Å². The zero-order valence-electron chi connectivity index (χ0n) is 10.6. The van der Waals surface area contributed by atoms with E-state index in [-0.39, 0.29) is 0 Å². The summed E-state index contributed by atoms with van der Waals surface area (Å²) in [7, 11) is -4.61. The minimum absolute atomic E-state index is 0.957. The Balaban J connectivity index is 0.000000354. The first kappa shape index (κ1) is 17.6. The Hall–Kier alpha value is -0.383. The predicted octanol–water partition coefficient (Wildman–Crippen LogP) is -0.468. The van der Waals surface area contributed by atoms with Crippen LogP contribution in [0.2, 0.25) is 4.17 Å². The summed E-state index contributed by atoms with van der Waals surface area (Å²) in [5, 5.41) is 0. The molecule has 0 fully saturated rings. The van der Waals surface area contributed by atoms with E-state index < -0.39 is 9.05 Å². The van der Waals surface area contributed by atoms with Crippen molar-refractivity contribution in [2.75, 3.05) is 0 Å². The Morgan fingerprint density at radius 1 is 1.00 bits per heavy atom. The molecule has 18 heavy (non-hydrogen) atoms. The molecule has 0 aliphatic heterocycles. The molecule has 0 saturated heterocycles. The van der Waals surface area contributed by atoms with Gasteiger partial charge in [0.05, 0.1) is 16.7 Å². The van der Waals surface area contributed by atoms with Gasteiger partial charge in [0, 0.05) is 6.20 Å². The normalized spacial score (nSPS) is 10.0. The van der Waals surface area contributed by atoms with E-state index in [1.54, 1.807) is 6.20 Å². The standard InChI is InChI=1S/C9H8N2.CH3.Na.H4O4Si/c1-7-6-10-8-4-2-3-5-9(8)11-7;;;1-5(2,3)4/h2-6H,1H3;1H3;;1-4H. The van der Waals surface area contributed by atoms with E-state index >= 15 is 0 Å². The average molecular weight is 278 g/mol. The van der Waals surface area contributed by atoms with Gasteiger partial charge in [-0.2, -0.15) is 0 Å². The van der Waals surface area contributed by atoms with Gasteiger partial charge < -0.3 is 19.2 Å². The molecule has 0 aliphatic rings. The summed E-state index contributed by atoms with van der Waals surface area (Å²) in [6.07, 6.45) is 1.78. The van der Waals surface area contributed by atoms with Crippen LogP contribution in [0.3, 0.4) is 0 Å². The van der Waals surface area contributed by atoms with Crippen molar-refractivity contribution in [3.8, 4) is 0 Å². The van der Waals surface area contributed by atoms with E-state index in [1.165, 1.54) is 27.9 Å². The van der Waals surface area contributed by atoms with Crippen molar-refractivity contribution in [2.24, 2.45) is 0 Å². The fraction of sp³-hybridized carbons (Fsp3) is 0.200. The number of fused-ring (bicyclic) bond motifs is 1. The summed E-state index contributed by atoms with van der Waals surface area (Å²) in [6.45, 7) is 1.94. The zero-order chi connectivity index (χ0) is 14.2. The Bertz CT molecular complexity index is 473. The van der Waals surface area contributed by atoms with Crippen LogP contribution in [0.4, 0.5) is 0 Å². The molecular formula is C10H15N2NaO4Si. The number of hydrogen-bond acceptors (Lipinski definition) is 6. The van der Waals surface area contributed by atoms with Crippen molar-refractivity contribution in [3.63, 3.8) is 0 Å². The molecule has 4 N–H and O–H groups in total. The zero-order valence-corrected chi connectivity index (χ0v) is 13.6. The molecular weight excluding hydrogens is 263 g/mol. The second-order valence-electron chi connectivity index (χ2n) is 3.10. The van der Waals surface area contributed by atoms with E-state index in [9.17, 15) is 0 Å². The molecule has 1 aromatic carbocycles. The van der Waals surface area contributed by atoms with Gasteiger partial charge in [0.25, 0.3) is 0 Å². The van der Waals surface area contributed by atoms with E-state index in [1.807, 2.05) is 31.2 Å². The Kier molecular flexibility index (Phi) is 8.49. The van der Waals surface area contributed by atoms with Crippen LogP contribution in [0, 0.1) is 6.92 Å². The van der Waals surface area contributed by atoms with Crippen molar-refractivity contribution >= 4 is 48.0 Å². The quantitative estimate of drug-likeness (QED) is 0.486. The third-order valence-electron chi connectivity index (χ3n) is 1.57. The van der Waals surface area contributed by atoms with Gasteiger partial charge in [-0.3, -0.25) is 4.98 Å². The third kappa shape index (κ3) is 8.67. The molecule has 8 heteroatoms. The molecule has 0 amide bonds. The molecule has 0 aliphatic carbocycles. The molecule has 94 valence electrons. The molecule has 0 spiro atoms. The average Bonchev–Trinajstić information content (AvgIpc) is 2.29. The number of aromatic nitrogens is 2. The summed E-state index contributed by atoms with van der Waals surface area (Å²) in [6, 6.07) is 7.86. The van der Waals surface area contributed by atoms with Crippen molar-refractivity contribution in [2.45, 2.75) is 11.1 Å². The van der Waals surface area contributed by atoms with Gasteiger partial charge >= 0.3 is 41.2 Å². The Labute approximate surface area is 124 Å². The Morgan fingerprint density at radius 2 is 1.44 bits per heavy atom. The van der Waals surface area contributed by atoms with Crippen LogP contribution in [-0.4, -0.2) is 66.1 Å². The number of benzene rings is 1. The molecule has 1 aromatic heterocycles. The molecule has 1 heterocycles. The first-order valence-electron chi connectivity index (χ1n) is 5.44. The van der Waals surface area contributed by atoms with E-state index in [4.69, 9.17) is 19.2 Å². The first-order valence-corrected chi connectivity index (χ1v) is 9.23. The molecule has 0 bridgehead atoms. The molecule has 0 saturated carbocycles. The fourth-order valence-electron chi connectivity index (χ4n) is 1.05. The minimum atomic E-state index is -4.61. The molecule has 2 rings (SSSR count). The molecule has 6 nitrogen and oxygen atoms in total. The van der Waals surface area contributed by atoms with Crippen LogP contribution in [-0.2, 0) is 0 Å². The van der Waals surface area contributed by atoms with Gasteiger partial charge in [-0.05, 0) is 19.1 Å². The summed E-state index contributed by atoms with van der Waals surface area (Å²) in [5.74, 6) is 0. The predicted molar refractivity (Wildman–Crippen MR) is 70.5 cm³/mol. The molecule has 2 aromatic rings. The maximum atomic E-state index is 7.33. The van der Waals surface area contributed by atoms with Gasteiger partial charge in [-0.1, -0.05) is 12.1 Å². The molecule has 0 atom stereocenters. The van der Waals surface area contributed by atoms with Crippen molar-refractivity contribution in [1.82, 2.24) is 9.97 Å². The van der Waals surface area contributed by atoms with Gasteiger partial charge in [0.1, 0.15) is 0 Å². The number of nitrogens with zero attached hydrogens (tertiary/aromatic N) is 2. The SMILES string of the molecule is Cc1cnc2ccccc2n1.O[Si](O)(O)O.[CH3][Na]. The van der Waals surface area contributed by atoms with Crippen molar-refractivity contribution < 1.29 is 19.2 Å². The van der Waals surface area contributed by atoms with E-state index in [2.05, 4.69) is 14.1 Å². The second-order valence-corrected chi connectivity index (χ2v) is 4.30. The molecule has 0 radical (unpaired) electrons. The Morgan fingerprint density at radius 3 is 1.94 bits per heavy atom. The van der Waals surface area contributed by atoms with Gasteiger partial charge in [0.2, 0.25) is 0 Å². The summed E-state index contributed by atoms with van der Waals surface area (Å²) < 4.78 is 2.14. The van der Waals surface area contributed by atoms with Gasteiger partial charge in [-0.15, -0.1) is 0 Å². The van der Waals surface area contributed by atoms with Crippen LogP contribution in [0.1, 0.15) is 5.69 Å². The summed E-state index contributed by atoms with van der Waals surface area (Å²) in [4.78, 5) is 37.8. The maximum absolute atomic E-state index is 7.33. The first-order chi connectivity index (χ1) is 8.36. The van der Waals surface area contributed by atoms with Crippen LogP contribution in [0.15, 0.2) is 30.5 Å². The number of para-hydroxylation sites is 2. The van der Waals surface area contributed by atoms with E-state index in [0.717, 1.165) is 16.7 Å². The number of aryl methyl sites for hydroxylation is 1. The summed E-state index contributed by atoms with van der Waals surface area (Å²) in [5.41, 5.74) is 2.88. The van der Waals surface area contributed by atoms with E-state index in [0.29, 0.717) is 0 Å². The van der Waals surface area contributed by atoms with Crippen molar-refractivity contribution in [3.05, 3.63) is 36.2 Å². The summed E-state index contributed by atoms with van der Waals surface area (Å²) >= 11 is 1.31.